The Morgan fingerprint density at radius 3 is 2.55 bits per heavy atom. The van der Waals surface area contributed by atoms with Crippen LogP contribution in [0.5, 0.6) is 0 Å². The van der Waals surface area contributed by atoms with E-state index in [-0.39, 0.29) is 18.8 Å². The first-order valence-electron chi connectivity index (χ1n) is 5.99. The molecule has 7 heteroatoms. The van der Waals surface area contributed by atoms with Crippen molar-refractivity contribution in [3.8, 4) is 0 Å². The number of hydrogen-bond donors (Lipinski definition) is 2. The lowest BCUT2D eigenvalue weighted by molar-refractivity contribution is -0.142. The number of carboxylic acid groups (broad SMARTS) is 1. The second-order valence-electron chi connectivity index (χ2n) is 4.04. The van der Waals surface area contributed by atoms with Crippen molar-refractivity contribution in [1.82, 2.24) is 5.32 Å². The molecule has 0 fully saturated rings. The van der Waals surface area contributed by atoms with Crippen molar-refractivity contribution in [3.63, 3.8) is 0 Å². The van der Waals surface area contributed by atoms with E-state index in [9.17, 15) is 13.8 Å². The number of ether oxygens (including phenoxy) is 1. The third-order valence-corrected chi connectivity index (χ3v) is 3.91. The van der Waals surface area contributed by atoms with E-state index >= 15 is 0 Å². The molecule has 0 aliphatic heterocycles. The van der Waals surface area contributed by atoms with E-state index in [2.05, 4.69) is 10.1 Å². The highest BCUT2D eigenvalue weighted by Gasteiger charge is 2.20. The van der Waals surface area contributed by atoms with Crippen LogP contribution in [0.3, 0.4) is 0 Å². The maximum Gasteiger partial charge on any atom is 0.326 e. The normalized spacial score (nSPS) is 13.4. The minimum atomic E-state index is -1.28. The fourth-order valence-corrected chi connectivity index (χ4v) is 2.69. The van der Waals surface area contributed by atoms with Crippen molar-refractivity contribution in [2.45, 2.75) is 17.4 Å². The minimum absolute atomic E-state index is 0.0896. The highest BCUT2D eigenvalue weighted by atomic mass is 32.2. The predicted octanol–water partition coefficient (Wildman–Crippen LogP) is 0.400. The number of benzene rings is 1. The van der Waals surface area contributed by atoms with Crippen LogP contribution in [-0.2, 0) is 25.1 Å². The fourth-order valence-electron chi connectivity index (χ4n) is 1.54. The molecule has 20 heavy (non-hydrogen) atoms. The minimum Gasteiger partial charge on any atom is -0.480 e. The number of carboxylic acids is 1. The summed E-state index contributed by atoms with van der Waals surface area (Å²) >= 11 is 0. The van der Waals surface area contributed by atoms with Crippen LogP contribution in [-0.4, -0.2) is 46.7 Å². The summed E-state index contributed by atoms with van der Waals surface area (Å²) in [5.41, 5.74) is 0. The summed E-state index contributed by atoms with van der Waals surface area (Å²) in [5, 5.41) is 11.3. The molecule has 110 valence electrons. The second-order valence-corrected chi connectivity index (χ2v) is 5.61. The molecule has 0 spiro atoms. The molecule has 0 bridgehead atoms. The lowest BCUT2D eigenvalue weighted by Gasteiger charge is -2.14. The van der Waals surface area contributed by atoms with Crippen molar-refractivity contribution in [1.29, 1.82) is 0 Å². The number of amides is 1. The van der Waals surface area contributed by atoms with E-state index < -0.39 is 28.7 Å². The van der Waals surface area contributed by atoms with Gasteiger partial charge in [-0.25, -0.2) is 4.79 Å². The maximum absolute atomic E-state index is 12.0. The zero-order valence-electron chi connectivity index (χ0n) is 11.1. The largest absolute Gasteiger partial charge is 0.480 e. The van der Waals surface area contributed by atoms with Gasteiger partial charge in [-0.2, -0.15) is 0 Å². The summed E-state index contributed by atoms with van der Waals surface area (Å²) in [6.45, 7) is -0.203. The van der Waals surface area contributed by atoms with Crippen LogP contribution in [0.1, 0.15) is 6.42 Å². The van der Waals surface area contributed by atoms with Gasteiger partial charge in [0, 0.05) is 17.8 Å². The summed E-state index contributed by atoms with van der Waals surface area (Å²) in [7, 11) is 0.0621. The molecule has 0 radical (unpaired) electrons. The second kappa shape index (κ2) is 8.44. The molecule has 0 heterocycles. The number of hydrogen-bond acceptors (Lipinski definition) is 4. The zero-order valence-corrected chi connectivity index (χ0v) is 11.9. The summed E-state index contributed by atoms with van der Waals surface area (Å²) in [5.74, 6) is -1.50. The molecule has 0 aliphatic rings. The quantitative estimate of drug-likeness (QED) is 0.725. The van der Waals surface area contributed by atoms with Gasteiger partial charge < -0.3 is 15.2 Å². The number of methoxy groups -OCH3 is 1. The summed E-state index contributed by atoms with van der Waals surface area (Å²) < 4.78 is 16.6. The van der Waals surface area contributed by atoms with Gasteiger partial charge in [-0.15, -0.1) is 0 Å². The van der Waals surface area contributed by atoms with Crippen molar-refractivity contribution < 1.29 is 23.6 Å². The summed E-state index contributed by atoms with van der Waals surface area (Å²) in [6, 6.07) is 7.71. The molecule has 6 nitrogen and oxygen atoms in total. The van der Waals surface area contributed by atoms with Crippen molar-refractivity contribution in [3.05, 3.63) is 30.3 Å². The Kier molecular flexibility index (Phi) is 6.89. The van der Waals surface area contributed by atoms with E-state index in [0.717, 1.165) is 0 Å². The molecule has 2 atom stereocenters. The zero-order chi connectivity index (χ0) is 15.0. The maximum atomic E-state index is 12.0. The van der Waals surface area contributed by atoms with Gasteiger partial charge in [0.05, 0.1) is 10.8 Å². The molecule has 1 aromatic rings. The fraction of sp³-hybridized carbons (Fsp3) is 0.385. The van der Waals surface area contributed by atoms with Crippen LogP contribution in [0, 0.1) is 0 Å². The average Bonchev–Trinajstić information content (AvgIpc) is 2.44. The van der Waals surface area contributed by atoms with Gasteiger partial charge in [0.15, 0.2) is 0 Å². The molecule has 2 N–H and O–H groups in total. The molecule has 0 aromatic heterocycles. The number of aliphatic carboxylic acids is 1. The van der Waals surface area contributed by atoms with Crippen molar-refractivity contribution in [2.75, 3.05) is 19.5 Å². The Morgan fingerprint density at radius 1 is 1.35 bits per heavy atom. The van der Waals surface area contributed by atoms with Crippen molar-refractivity contribution >= 4 is 22.7 Å². The van der Waals surface area contributed by atoms with Gasteiger partial charge in [0.25, 0.3) is 0 Å². The van der Waals surface area contributed by atoms with E-state index in [1.807, 2.05) is 6.07 Å². The van der Waals surface area contributed by atoms with Gasteiger partial charge >= 0.3 is 5.97 Å². The molecular formula is C13H17NO5S. The Bertz CT molecular complexity index is 477. The third-order valence-electron chi connectivity index (χ3n) is 2.51. The van der Waals surface area contributed by atoms with Crippen LogP contribution in [0.15, 0.2) is 35.2 Å². The topological polar surface area (TPSA) is 92.7 Å². The van der Waals surface area contributed by atoms with E-state index in [1.54, 1.807) is 24.3 Å². The molecule has 1 rings (SSSR count). The monoisotopic (exact) mass is 299 g/mol. The van der Waals surface area contributed by atoms with Crippen LogP contribution < -0.4 is 5.32 Å². The highest BCUT2D eigenvalue weighted by molar-refractivity contribution is 7.85. The molecule has 1 amide bonds. The lowest BCUT2D eigenvalue weighted by atomic mass is 10.2. The van der Waals surface area contributed by atoms with Crippen LogP contribution in [0.4, 0.5) is 0 Å². The molecule has 1 aromatic carbocycles. The number of rotatable bonds is 8. The summed E-state index contributed by atoms with van der Waals surface area (Å²) in [6.07, 6.45) is 0.0896. The van der Waals surface area contributed by atoms with Crippen LogP contribution >= 0.6 is 0 Å². The van der Waals surface area contributed by atoms with Crippen LogP contribution in [0.2, 0.25) is 0 Å². The smallest absolute Gasteiger partial charge is 0.326 e. The highest BCUT2D eigenvalue weighted by Crippen LogP contribution is 2.08. The molecule has 0 saturated heterocycles. The SMILES string of the molecule is COCC(=O)N[C@@H](CC[S@](=O)c1ccccc1)C(=O)O. The van der Waals surface area contributed by atoms with Gasteiger partial charge in [0.2, 0.25) is 5.91 Å². The Balaban J connectivity index is 2.53. The average molecular weight is 299 g/mol. The number of nitrogens with one attached hydrogen (secondary N) is 1. The van der Waals surface area contributed by atoms with Gasteiger partial charge in [-0.1, -0.05) is 18.2 Å². The van der Waals surface area contributed by atoms with Gasteiger partial charge in [-0.3, -0.25) is 9.00 Å². The first kappa shape index (κ1) is 16.3. The lowest BCUT2D eigenvalue weighted by Crippen LogP contribution is -2.43. The molecule has 0 saturated carbocycles. The molecule has 0 unspecified atom stereocenters. The number of carbonyl (C=O) groups excluding carboxylic acids is 1. The van der Waals surface area contributed by atoms with E-state index in [1.165, 1.54) is 7.11 Å². The number of carbonyl (C=O) groups is 2. The van der Waals surface area contributed by atoms with E-state index in [0.29, 0.717) is 4.90 Å². The molecule has 0 aliphatic carbocycles. The van der Waals surface area contributed by atoms with Crippen LogP contribution in [0.25, 0.3) is 0 Å². The first-order valence-corrected chi connectivity index (χ1v) is 7.31. The van der Waals surface area contributed by atoms with E-state index in [4.69, 9.17) is 5.11 Å². The van der Waals surface area contributed by atoms with Crippen molar-refractivity contribution in [2.24, 2.45) is 0 Å². The Labute approximate surface area is 119 Å². The Morgan fingerprint density at radius 2 is 2.00 bits per heavy atom. The molecular weight excluding hydrogens is 282 g/mol. The summed E-state index contributed by atoms with van der Waals surface area (Å²) in [4.78, 5) is 23.0. The third kappa shape index (κ3) is 5.50. The van der Waals surface area contributed by atoms with Gasteiger partial charge in [0.1, 0.15) is 12.6 Å². The van der Waals surface area contributed by atoms with Gasteiger partial charge in [-0.05, 0) is 18.6 Å². The predicted molar refractivity (Wildman–Crippen MR) is 73.8 cm³/mol. The first-order chi connectivity index (χ1) is 9.54. The Hall–Kier alpha value is -1.73. The standard InChI is InChI=1S/C13H17NO5S/c1-19-9-12(15)14-11(13(16)17)7-8-20(18)10-5-3-2-4-6-10/h2-6,11H,7-9H2,1H3,(H,14,15)(H,16,17)/t11-,20-/m0/s1.